The smallest absolute Gasteiger partial charge is 0.257 e. The molecule has 0 saturated heterocycles. The first-order valence-corrected chi connectivity index (χ1v) is 7.18. The molecule has 0 fully saturated rings. The molecule has 1 N–H and O–H groups in total. The number of rotatable bonds is 4. The number of amides is 1. The monoisotopic (exact) mass is 278 g/mol. The van der Waals surface area contributed by atoms with Crippen LogP contribution in [-0.2, 0) is 11.3 Å². The third-order valence-corrected chi connectivity index (χ3v) is 3.66. The third-order valence-electron chi connectivity index (χ3n) is 3.66. The molecule has 2 aromatic rings. The van der Waals surface area contributed by atoms with Gasteiger partial charge in [-0.1, -0.05) is 48.5 Å². The molecule has 1 aliphatic rings. The SMILES string of the molecule is CCN(/C=C1/C(=O)Nc2ccccc21)Cc1ccccc1. The zero-order chi connectivity index (χ0) is 14.7. The number of para-hydroxylation sites is 1. The van der Waals surface area contributed by atoms with Crippen LogP contribution in [0.25, 0.3) is 5.57 Å². The second-order valence-corrected chi connectivity index (χ2v) is 5.09. The summed E-state index contributed by atoms with van der Waals surface area (Å²) in [5.74, 6) is -0.0253. The molecule has 0 radical (unpaired) electrons. The average molecular weight is 278 g/mol. The van der Waals surface area contributed by atoms with E-state index >= 15 is 0 Å². The molecule has 106 valence electrons. The van der Waals surface area contributed by atoms with Crippen LogP contribution in [0.1, 0.15) is 18.1 Å². The molecular weight excluding hydrogens is 260 g/mol. The maximum absolute atomic E-state index is 12.1. The van der Waals surface area contributed by atoms with Crippen LogP contribution in [0.15, 0.2) is 60.8 Å². The van der Waals surface area contributed by atoms with Crippen LogP contribution in [0.2, 0.25) is 0 Å². The maximum Gasteiger partial charge on any atom is 0.257 e. The van der Waals surface area contributed by atoms with Crippen molar-refractivity contribution in [3.63, 3.8) is 0 Å². The Labute approximate surface area is 124 Å². The van der Waals surface area contributed by atoms with E-state index in [1.54, 1.807) is 0 Å². The van der Waals surface area contributed by atoms with Crippen LogP contribution in [0, 0.1) is 0 Å². The van der Waals surface area contributed by atoms with E-state index in [-0.39, 0.29) is 5.91 Å². The Morgan fingerprint density at radius 3 is 2.52 bits per heavy atom. The van der Waals surface area contributed by atoms with Gasteiger partial charge in [0.05, 0.1) is 5.57 Å². The third kappa shape index (κ3) is 2.82. The molecule has 0 aromatic heterocycles. The number of benzene rings is 2. The van der Waals surface area contributed by atoms with Gasteiger partial charge in [0.25, 0.3) is 5.91 Å². The Hall–Kier alpha value is -2.55. The molecule has 0 spiro atoms. The Morgan fingerprint density at radius 2 is 1.76 bits per heavy atom. The van der Waals surface area contributed by atoms with E-state index in [1.165, 1.54) is 5.56 Å². The van der Waals surface area contributed by atoms with Gasteiger partial charge in [-0.3, -0.25) is 4.79 Å². The number of nitrogens with one attached hydrogen (secondary N) is 1. The van der Waals surface area contributed by atoms with Crippen molar-refractivity contribution in [2.75, 3.05) is 11.9 Å². The number of carbonyl (C=O) groups is 1. The molecule has 3 heteroatoms. The first-order chi connectivity index (χ1) is 10.3. The summed E-state index contributed by atoms with van der Waals surface area (Å²) in [6.45, 7) is 3.75. The lowest BCUT2D eigenvalue weighted by molar-refractivity contribution is -0.110. The number of nitrogens with zero attached hydrogens (tertiary/aromatic N) is 1. The summed E-state index contributed by atoms with van der Waals surface area (Å²) >= 11 is 0. The van der Waals surface area contributed by atoms with Gasteiger partial charge in [-0.2, -0.15) is 0 Å². The van der Waals surface area contributed by atoms with Gasteiger partial charge in [-0.05, 0) is 18.6 Å². The van der Waals surface area contributed by atoms with Crippen molar-refractivity contribution in [1.82, 2.24) is 4.90 Å². The molecule has 2 aromatic carbocycles. The van der Waals surface area contributed by atoms with Crippen molar-refractivity contribution in [1.29, 1.82) is 0 Å². The minimum atomic E-state index is -0.0253. The highest BCUT2D eigenvalue weighted by molar-refractivity contribution is 6.31. The van der Waals surface area contributed by atoms with E-state index in [2.05, 4.69) is 29.3 Å². The lowest BCUT2D eigenvalue weighted by Gasteiger charge is -2.19. The van der Waals surface area contributed by atoms with Crippen molar-refractivity contribution < 1.29 is 4.79 Å². The lowest BCUT2D eigenvalue weighted by atomic mass is 10.1. The van der Waals surface area contributed by atoms with Gasteiger partial charge < -0.3 is 10.2 Å². The van der Waals surface area contributed by atoms with Gasteiger partial charge in [0.1, 0.15) is 0 Å². The zero-order valence-electron chi connectivity index (χ0n) is 12.0. The van der Waals surface area contributed by atoms with E-state index < -0.39 is 0 Å². The Balaban J connectivity index is 1.87. The van der Waals surface area contributed by atoms with Crippen LogP contribution < -0.4 is 5.32 Å². The van der Waals surface area contributed by atoms with E-state index in [0.717, 1.165) is 29.9 Å². The van der Waals surface area contributed by atoms with Gasteiger partial charge >= 0.3 is 0 Å². The molecule has 0 aliphatic carbocycles. The van der Waals surface area contributed by atoms with Crippen molar-refractivity contribution in [2.24, 2.45) is 0 Å². The van der Waals surface area contributed by atoms with E-state index in [1.807, 2.05) is 48.7 Å². The fourth-order valence-electron chi connectivity index (χ4n) is 2.52. The number of carbonyl (C=O) groups excluding carboxylic acids is 1. The molecule has 1 amide bonds. The summed E-state index contributed by atoms with van der Waals surface area (Å²) in [6, 6.07) is 18.1. The van der Waals surface area contributed by atoms with Gasteiger partial charge in [-0.25, -0.2) is 0 Å². The quantitative estimate of drug-likeness (QED) is 0.868. The van der Waals surface area contributed by atoms with Gasteiger partial charge in [0, 0.05) is 30.5 Å². The first-order valence-electron chi connectivity index (χ1n) is 7.18. The number of anilines is 1. The molecule has 3 rings (SSSR count). The zero-order valence-corrected chi connectivity index (χ0v) is 12.0. The molecular formula is C18H18N2O. The minimum absolute atomic E-state index is 0.0253. The Morgan fingerprint density at radius 1 is 1.05 bits per heavy atom. The van der Waals surface area contributed by atoms with E-state index in [4.69, 9.17) is 0 Å². The van der Waals surface area contributed by atoms with Gasteiger partial charge in [0.15, 0.2) is 0 Å². The summed E-state index contributed by atoms with van der Waals surface area (Å²) in [7, 11) is 0. The number of hydrogen-bond acceptors (Lipinski definition) is 2. The van der Waals surface area contributed by atoms with Gasteiger partial charge in [0.2, 0.25) is 0 Å². The molecule has 21 heavy (non-hydrogen) atoms. The maximum atomic E-state index is 12.1. The fraction of sp³-hybridized carbons (Fsp3) is 0.167. The predicted octanol–water partition coefficient (Wildman–Crippen LogP) is 3.50. The second-order valence-electron chi connectivity index (χ2n) is 5.09. The van der Waals surface area contributed by atoms with Crippen molar-refractivity contribution >= 4 is 17.2 Å². The number of fused-ring (bicyclic) bond motifs is 1. The largest absolute Gasteiger partial charge is 0.373 e. The summed E-state index contributed by atoms with van der Waals surface area (Å²) in [4.78, 5) is 14.3. The van der Waals surface area contributed by atoms with E-state index in [0.29, 0.717) is 0 Å². The Kier molecular flexibility index (Phi) is 3.73. The predicted molar refractivity (Wildman–Crippen MR) is 85.6 cm³/mol. The molecule has 0 bridgehead atoms. The topological polar surface area (TPSA) is 32.3 Å². The number of hydrogen-bond donors (Lipinski definition) is 1. The molecule has 0 saturated carbocycles. The minimum Gasteiger partial charge on any atom is -0.373 e. The molecule has 0 atom stereocenters. The molecule has 0 unspecified atom stereocenters. The lowest BCUT2D eigenvalue weighted by Crippen LogP contribution is -2.18. The highest BCUT2D eigenvalue weighted by Gasteiger charge is 2.24. The van der Waals surface area contributed by atoms with Crippen LogP contribution in [0.5, 0.6) is 0 Å². The highest BCUT2D eigenvalue weighted by Crippen LogP contribution is 2.31. The van der Waals surface area contributed by atoms with Gasteiger partial charge in [-0.15, -0.1) is 0 Å². The fourth-order valence-corrected chi connectivity index (χ4v) is 2.52. The van der Waals surface area contributed by atoms with Crippen molar-refractivity contribution in [3.8, 4) is 0 Å². The van der Waals surface area contributed by atoms with E-state index in [9.17, 15) is 4.79 Å². The van der Waals surface area contributed by atoms with Crippen LogP contribution in [-0.4, -0.2) is 17.4 Å². The summed E-state index contributed by atoms with van der Waals surface area (Å²) < 4.78 is 0. The summed E-state index contributed by atoms with van der Waals surface area (Å²) in [5.41, 5.74) is 3.85. The molecule has 1 aliphatic heterocycles. The second kappa shape index (κ2) is 5.83. The van der Waals surface area contributed by atoms with Crippen LogP contribution in [0.4, 0.5) is 5.69 Å². The average Bonchev–Trinajstić information content (AvgIpc) is 2.83. The molecule has 3 nitrogen and oxygen atoms in total. The summed E-state index contributed by atoms with van der Waals surface area (Å²) in [6.07, 6.45) is 1.97. The van der Waals surface area contributed by atoms with Crippen molar-refractivity contribution in [3.05, 3.63) is 71.9 Å². The summed E-state index contributed by atoms with van der Waals surface area (Å²) in [5, 5.41) is 2.91. The van der Waals surface area contributed by atoms with Crippen molar-refractivity contribution in [2.45, 2.75) is 13.5 Å². The Bertz CT molecular complexity index is 677. The normalized spacial score (nSPS) is 14.9. The molecule has 1 heterocycles. The standard InChI is InChI=1S/C18H18N2O/c1-2-20(12-14-8-4-3-5-9-14)13-16-15-10-6-7-11-17(15)19-18(16)21/h3-11,13H,2,12H2,1H3,(H,19,21)/b16-13+. The van der Waals surface area contributed by atoms with Crippen LogP contribution in [0.3, 0.4) is 0 Å². The first kappa shape index (κ1) is 13.4. The highest BCUT2D eigenvalue weighted by atomic mass is 16.2. The van der Waals surface area contributed by atoms with Crippen LogP contribution >= 0.6 is 0 Å².